The minimum Gasteiger partial charge on any atom is -0.493 e. The van der Waals surface area contributed by atoms with Crippen LogP contribution in [0.5, 0.6) is 11.5 Å². The number of thiazole rings is 1. The Bertz CT molecular complexity index is 1460. The molecule has 0 radical (unpaired) electrons. The fourth-order valence-corrected chi connectivity index (χ4v) is 4.22. The van der Waals surface area contributed by atoms with E-state index < -0.39 is 0 Å². The summed E-state index contributed by atoms with van der Waals surface area (Å²) in [6, 6.07) is 24.0. The molecule has 0 aliphatic heterocycles. The largest absolute Gasteiger partial charge is 0.493 e. The van der Waals surface area contributed by atoms with Crippen molar-refractivity contribution < 1.29 is 9.47 Å². The standard InChI is InChI=1S/C27H22N4O2S/c1-32-22-14-13-21(16-23(22)33-2)29-26-24-27(34-17-28-24)31-25(30-26)20-10-6-9-19(15-20)12-11-18-7-4-3-5-8-18/h3-17H,1-2H3,(H,29,30,31)/b12-11+. The Kier molecular flexibility index (Phi) is 6.18. The second-order valence-electron chi connectivity index (χ2n) is 7.47. The van der Waals surface area contributed by atoms with Gasteiger partial charge in [0.15, 0.2) is 23.1 Å². The predicted molar refractivity (Wildman–Crippen MR) is 139 cm³/mol. The van der Waals surface area contributed by atoms with Crippen LogP contribution in [0.25, 0.3) is 33.9 Å². The number of rotatable bonds is 7. The maximum atomic E-state index is 5.43. The average Bonchev–Trinajstić information content (AvgIpc) is 3.37. The second kappa shape index (κ2) is 9.72. The van der Waals surface area contributed by atoms with Gasteiger partial charge in [0.25, 0.3) is 0 Å². The number of fused-ring (bicyclic) bond motifs is 1. The number of anilines is 2. The monoisotopic (exact) mass is 466 g/mol. The van der Waals surface area contributed by atoms with Gasteiger partial charge in [-0.2, -0.15) is 0 Å². The van der Waals surface area contributed by atoms with Gasteiger partial charge in [0.1, 0.15) is 10.3 Å². The molecule has 2 aromatic heterocycles. The van der Waals surface area contributed by atoms with Gasteiger partial charge in [0.2, 0.25) is 0 Å². The lowest BCUT2D eigenvalue weighted by Gasteiger charge is -2.12. The van der Waals surface area contributed by atoms with Crippen LogP contribution >= 0.6 is 11.3 Å². The highest BCUT2D eigenvalue weighted by Gasteiger charge is 2.13. The van der Waals surface area contributed by atoms with E-state index in [1.807, 2.05) is 48.5 Å². The number of nitrogens with zero attached hydrogens (tertiary/aromatic N) is 3. The Hall–Kier alpha value is -4.23. The van der Waals surface area contributed by atoms with Gasteiger partial charge in [-0.15, -0.1) is 11.3 Å². The van der Waals surface area contributed by atoms with Crippen molar-refractivity contribution in [3.8, 4) is 22.9 Å². The van der Waals surface area contributed by atoms with E-state index in [0.717, 1.165) is 32.7 Å². The Morgan fingerprint density at radius 1 is 0.794 bits per heavy atom. The molecule has 0 atom stereocenters. The Balaban J connectivity index is 1.49. The first-order valence-electron chi connectivity index (χ1n) is 10.7. The highest BCUT2D eigenvalue weighted by molar-refractivity contribution is 7.16. The molecule has 7 heteroatoms. The summed E-state index contributed by atoms with van der Waals surface area (Å²) in [5.41, 5.74) is 6.48. The lowest BCUT2D eigenvalue weighted by Crippen LogP contribution is -2.00. The zero-order valence-corrected chi connectivity index (χ0v) is 19.5. The quantitative estimate of drug-likeness (QED) is 0.270. The first-order valence-corrected chi connectivity index (χ1v) is 11.6. The van der Waals surface area contributed by atoms with Crippen molar-refractivity contribution >= 4 is 45.3 Å². The van der Waals surface area contributed by atoms with Crippen molar-refractivity contribution in [2.24, 2.45) is 0 Å². The fourth-order valence-electron chi connectivity index (χ4n) is 3.57. The van der Waals surface area contributed by atoms with Gasteiger partial charge in [0.05, 0.1) is 19.7 Å². The maximum Gasteiger partial charge on any atom is 0.163 e. The summed E-state index contributed by atoms with van der Waals surface area (Å²) >= 11 is 1.49. The van der Waals surface area contributed by atoms with E-state index in [4.69, 9.17) is 19.4 Å². The number of nitrogens with one attached hydrogen (secondary N) is 1. The van der Waals surface area contributed by atoms with Crippen LogP contribution < -0.4 is 14.8 Å². The number of hydrogen-bond acceptors (Lipinski definition) is 7. The van der Waals surface area contributed by atoms with Crippen LogP contribution in [0.3, 0.4) is 0 Å². The fraction of sp³-hybridized carbons (Fsp3) is 0.0741. The maximum absolute atomic E-state index is 5.43. The third-order valence-electron chi connectivity index (χ3n) is 5.26. The summed E-state index contributed by atoms with van der Waals surface area (Å²) in [6.45, 7) is 0. The van der Waals surface area contributed by atoms with E-state index in [2.05, 4.69) is 46.7 Å². The van der Waals surface area contributed by atoms with Crippen LogP contribution in [0.4, 0.5) is 11.5 Å². The van der Waals surface area contributed by atoms with Crippen LogP contribution in [0.2, 0.25) is 0 Å². The Morgan fingerprint density at radius 3 is 2.41 bits per heavy atom. The number of aromatic nitrogens is 3. The Morgan fingerprint density at radius 2 is 1.59 bits per heavy atom. The molecule has 168 valence electrons. The smallest absolute Gasteiger partial charge is 0.163 e. The minimum absolute atomic E-state index is 0.634. The topological polar surface area (TPSA) is 69.2 Å². The molecule has 0 amide bonds. The molecule has 0 aliphatic carbocycles. The summed E-state index contributed by atoms with van der Waals surface area (Å²) in [6.07, 6.45) is 4.18. The normalized spacial score (nSPS) is 11.1. The van der Waals surface area contributed by atoms with Crippen LogP contribution in [-0.4, -0.2) is 29.2 Å². The van der Waals surface area contributed by atoms with Gasteiger partial charge < -0.3 is 14.8 Å². The van der Waals surface area contributed by atoms with Gasteiger partial charge in [-0.1, -0.05) is 60.7 Å². The van der Waals surface area contributed by atoms with Gasteiger partial charge in [-0.25, -0.2) is 15.0 Å². The first-order chi connectivity index (χ1) is 16.7. The number of hydrogen-bond donors (Lipinski definition) is 1. The zero-order chi connectivity index (χ0) is 23.3. The lowest BCUT2D eigenvalue weighted by atomic mass is 10.1. The molecule has 34 heavy (non-hydrogen) atoms. The Labute approximate surface area is 201 Å². The van der Waals surface area contributed by atoms with Crippen LogP contribution in [0, 0.1) is 0 Å². The molecule has 3 aromatic carbocycles. The van der Waals surface area contributed by atoms with Crippen LogP contribution in [0.1, 0.15) is 11.1 Å². The highest BCUT2D eigenvalue weighted by Crippen LogP contribution is 2.33. The van der Waals surface area contributed by atoms with E-state index in [1.54, 1.807) is 19.7 Å². The van der Waals surface area contributed by atoms with Gasteiger partial charge in [-0.3, -0.25) is 0 Å². The molecule has 1 N–H and O–H groups in total. The molecule has 0 saturated carbocycles. The van der Waals surface area contributed by atoms with Crippen molar-refractivity contribution in [3.63, 3.8) is 0 Å². The van der Waals surface area contributed by atoms with E-state index >= 15 is 0 Å². The van der Waals surface area contributed by atoms with E-state index in [9.17, 15) is 0 Å². The summed E-state index contributed by atoms with van der Waals surface area (Å²) in [4.78, 5) is 14.9. The van der Waals surface area contributed by atoms with E-state index in [1.165, 1.54) is 11.3 Å². The van der Waals surface area contributed by atoms with Gasteiger partial charge >= 0.3 is 0 Å². The molecular weight excluding hydrogens is 444 g/mol. The van der Waals surface area contributed by atoms with E-state index in [-0.39, 0.29) is 0 Å². The lowest BCUT2D eigenvalue weighted by molar-refractivity contribution is 0.355. The van der Waals surface area contributed by atoms with Gasteiger partial charge in [0, 0.05) is 17.3 Å². The van der Waals surface area contributed by atoms with Crippen molar-refractivity contribution in [1.82, 2.24) is 15.0 Å². The molecule has 0 spiro atoms. The SMILES string of the molecule is COc1ccc(Nc2nc(-c3cccc(/C=C/c4ccccc4)c3)nc3scnc23)cc1OC. The number of methoxy groups -OCH3 is 2. The minimum atomic E-state index is 0.634. The summed E-state index contributed by atoms with van der Waals surface area (Å²) in [5.74, 6) is 2.57. The molecule has 2 heterocycles. The molecular formula is C27H22N4O2S. The van der Waals surface area contributed by atoms with E-state index in [0.29, 0.717) is 23.1 Å². The molecule has 5 rings (SSSR count). The molecule has 6 nitrogen and oxygen atoms in total. The summed E-state index contributed by atoms with van der Waals surface area (Å²) in [5, 5.41) is 3.37. The average molecular weight is 467 g/mol. The number of benzene rings is 3. The third kappa shape index (κ3) is 4.60. The number of ether oxygens (including phenoxy) is 2. The van der Waals surface area contributed by atoms with Gasteiger partial charge in [-0.05, 0) is 29.3 Å². The highest BCUT2D eigenvalue weighted by atomic mass is 32.1. The molecule has 0 bridgehead atoms. The predicted octanol–water partition coefficient (Wildman–Crippen LogP) is 6.68. The molecule has 0 aliphatic rings. The summed E-state index contributed by atoms with van der Waals surface area (Å²) in [7, 11) is 3.23. The van der Waals surface area contributed by atoms with Crippen molar-refractivity contribution in [3.05, 3.63) is 89.4 Å². The van der Waals surface area contributed by atoms with Crippen LogP contribution in [-0.2, 0) is 0 Å². The second-order valence-corrected chi connectivity index (χ2v) is 8.30. The van der Waals surface area contributed by atoms with Crippen molar-refractivity contribution in [2.75, 3.05) is 19.5 Å². The molecule has 0 fully saturated rings. The summed E-state index contributed by atoms with van der Waals surface area (Å²) < 4.78 is 10.8. The van der Waals surface area contributed by atoms with Crippen LogP contribution in [0.15, 0.2) is 78.3 Å². The zero-order valence-electron chi connectivity index (χ0n) is 18.7. The first kappa shape index (κ1) is 21.6. The van der Waals surface area contributed by atoms with Crippen molar-refractivity contribution in [1.29, 1.82) is 0 Å². The van der Waals surface area contributed by atoms with Crippen molar-refractivity contribution in [2.45, 2.75) is 0 Å². The third-order valence-corrected chi connectivity index (χ3v) is 5.98. The molecule has 0 unspecified atom stereocenters. The molecule has 5 aromatic rings. The molecule has 0 saturated heterocycles.